The highest BCUT2D eigenvalue weighted by Crippen LogP contribution is 2.22. The summed E-state index contributed by atoms with van der Waals surface area (Å²) in [5.41, 5.74) is -1.47. The van der Waals surface area contributed by atoms with E-state index in [0.717, 1.165) is 0 Å². The minimum atomic E-state index is -1.54. The molecule has 1 saturated heterocycles. The summed E-state index contributed by atoms with van der Waals surface area (Å²) in [4.78, 5) is 49.5. The number of ether oxygens (including phenoxy) is 3. The number of aliphatic hydroxyl groups excluding tert-OH is 1. The van der Waals surface area contributed by atoms with Crippen molar-refractivity contribution < 1.29 is 38.5 Å². The lowest BCUT2D eigenvalue weighted by atomic mass is 10.1. The minimum Gasteiger partial charge on any atom is -0.467 e. The molecule has 172 valence electrons. The monoisotopic (exact) mass is 431 g/mol. The SMILES string of the molecule is COC(=O)[C@H]1C[C@H](NC(=O)[C@@H](O)CNC(=O)OC(C)(C)C)CN1C(=O)OC(C)(C)C. The number of rotatable bonds is 5. The molecule has 1 aliphatic rings. The molecule has 30 heavy (non-hydrogen) atoms. The number of alkyl carbamates (subject to hydrolysis) is 1. The topological polar surface area (TPSA) is 143 Å². The average molecular weight is 431 g/mol. The normalized spacial score (nSPS) is 20.2. The molecule has 0 bridgehead atoms. The van der Waals surface area contributed by atoms with Crippen LogP contribution in [0.25, 0.3) is 0 Å². The van der Waals surface area contributed by atoms with Crippen LogP contribution in [-0.2, 0) is 23.8 Å². The van der Waals surface area contributed by atoms with Crippen molar-refractivity contribution in [3.05, 3.63) is 0 Å². The van der Waals surface area contributed by atoms with Crippen LogP contribution in [0.3, 0.4) is 0 Å². The fraction of sp³-hybridized carbons (Fsp3) is 0.789. The maximum Gasteiger partial charge on any atom is 0.411 e. The maximum absolute atomic E-state index is 12.4. The number of nitrogens with one attached hydrogen (secondary N) is 2. The third-order valence-corrected chi connectivity index (χ3v) is 3.89. The highest BCUT2D eigenvalue weighted by atomic mass is 16.6. The zero-order valence-electron chi connectivity index (χ0n) is 18.6. The maximum atomic E-state index is 12.4. The Labute approximate surface area is 176 Å². The average Bonchev–Trinajstić information content (AvgIpc) is 2.99. The van der Waals surface area contributed by atoms with Crippen molar-refractivity contribution in [1.82, 2.24) is 15.5 Å². The summed E-state index contributed by atoms with van der Waals surface area (Å²) in [6, 6.07) is -1.53. The number of hydrogen-bond donors (Lipinski definition) is 3. The van der Waals surface area contributed by atoms with E-state index in [1.54, 1.807) is 41.5 Å². The van der Waals surface area contributed by atoms with E-state index in [-0.39, 0.29) is 19.5 Å². The second-order valence-corrected chi connectivity index (χ2v) is 9.01. The molecule has 11 nitrogen and oxygen atoms in total. The molecule has 0 spiro atoms. The summed E-state index contributed by atoms with van der Waals surface area (Å²) in [5, 5.41) is 14.9. The van der Waals surface area contributed by atoms with Crippen molar-refractivity contribution >= 4 is 24.1 Å². The van der Waals surface area contributed by atoms with Gasteiger partial charge in [0.2, 0.25) is 0 Å². The van der Waals surface area contributed by atoms with Gasteiger partial charge in [-0.05, 0) is 41.5 Å². The molecule has 1 rings (SSSR count). The summed E-state index contributed by atoms with van der Waals surface area (Å²) >= 11 is 0. The van der Waals surface area contributed by atoms with Crippen LogP contribution in [0.5, 0.6) is 0 Å². The summed E-state index contributed by atoms with van der Waals surface area (Å²) < 4.78 is 15.1. The smallest absolute Gasteiger partial charge is 0.411 e. The molecule has 3 atom stereocenters. The number of aliphatic hydroxyl groups is 1. The van der Waals surface area contributed by atoms with Gasteiger partial charge in [-0.2, -0.15) is 0 Å². The predicted molar refractivity (Wildman–Crippen MR) is 106 cm³/mol. The molecular formula is C19H33N3O8. The first-order valence-electron chi connectivity index (χ1n) is 9.65. The number of hydrogen-bond acceptors (Lipinski definition) is 8. The van der Waals surface area contributed by atoms with Crippen LogP contribution in [0, 0.1) is 0 Å². The highest BCUT2D eigenvalue weighted by molar-refractivity contribution is 5.84. The molecule has 0 aromatic rings. The van der Waals surface area contributed by atoms with Crippen molar-refractivity contribution in [2.24, 2.45) is 0 Å². The van der Waals surface area contributed by atoms with Gasteiger partial charge in [-0.15, -0.1) is 0 Å². The Morgan fingerprint density at radius 3 is 2.13 bits per heavy atom. The third-order valence-electron chi connectivity index (χ3n) is 3.89. The first-order valence-corrected chi connectivity index (χ1v) is 9.65. The second-order valence-electron chi connectivity index (χ2n) is 9.01. The van der Waals surface area contributed by atoms with Gasteiger partial charge < -0.3 is 30.0 Å². The fourth-order valence-corrected chi connectivity index (χ4v) is 2.71. The Bertz CT molecular complexity index is 653. The highest BCUT2D eigenvalue weighted by Gasteiger charge is 2.43. The number of amides is 3. The van der Waals surface area contributed by atoms with E-state index in [4.69, 9.17) is 14.2 Å². The predicted octanol–water partition coefficient (Wildman–Crippen LogP) is 0.539. The van der Waals surface area contributed by atoms with Crippen molar-refractivity contribution in [3.63, 3.8) is 0 Å². The molecule has 0 aliphatic carbocycles. The van der Waals surface area contributed by atoms with E-state index in [9.17, 15) is 24.3 Å². The molecule has 3 amide bonds. The molecule has 11 heteroatoms. The Balaban J connectivity index is 2.67. The van der Waals surface area contributed by atoms with Crippen LogP contribution >= 0.6 is 0 Å². The molecular weight excluding hydrogens is 398 g/mol. The molecule has 3 N–H and O–H groups in total. The zero-order valence-corrected chi connectivity index (χ0v) is 18.6. The lowest BCUT2D eigenvalue weighted by molar-refractivity contribution is -0.145. The number of methoxy groups -OCH3 is 1. The molecule has 0 aromatic carbocycles. The molecule has 0 saturated carbocycles. The van der Waals surface area contributed by atoms with Crippen LogP contribution < -0.4 is 10.6 Å². The van der Waals surface area contributed by atoms with Gasteiger partial charge in [0.05, 0.1) is 13.7 Å². The van der Waals surface area contributed by atoms with E-state index < -0.39 is 53.5 Å². The lowest BCUT2D eigenvalue weighted by Gasteiger charge is -2.27. The van der Waals surface area contributed by atoms with Gasteiger partial charge in [-0.3, -0.25) is 9.69 Å². The molecule has 0 unspecified atom stereocenters. The van der Waals surface area contributed by atoms with Crippen molar-refractivity contribution in [2.75, 3.05) is 20.2 Å². The first kappa shape index (κ1) is 25.5. The van der Waals surface area contributed by atoms with Crippen molar-refractivity contribution in [2.45, 2.75) is 77.4 Å². The fourth-order valence-electron chi connectivity index (χ4n) is 2.71. The van der Waals surface area contributed by atoms with E-state index >= 15 is 0 Å². The number of nitrogens with zero attached hydrogens (tertiary/aromatic N) is 1. The number of carbonyl (C=O) groups excluding carboxylic acids is 4. The van der Waals surface area contributed by atoms with Crippen LogP contribution in [0.1, 0.15) is 48.0 Å². The Kier molecular flexibility index (Phi) is 8.46. The van der Waals surface area contributed by atoms with Crippen LogP contribution in [0.2, 0.25) is 0 Å². The quantitative estimate of drug-likeness (QED) is 0.423. The molecule has 1 fully saturated rings. The van der Waals surface area contributed by atoms with Crippen molar-refractivity contribution in [1.29, 1.82) is 0 Å². The summed E-state index contributed by atoms with van der Waals surface area (Å²) in [5.74, 6) is -1.39. The van der Waals surface area contributed by atoms with Gasteiger partial charge in [0.25, 0.3) is 5.91 Å². The Morgan fingerprint density at radius 1 is 1.07 bits per heavy atom. The van der Waals surface area contributed by atoms with E-state index in [2.05, 4.69) is 10.6 Å². The van der Waals surface area contributed by atoms with Gasteiger partial charge >= 0.3 is 18.2 Å². The van der Waals surface area contributed by atoms with Crippen LogP contribution in [0.4, 0.5) is 9.59 Å². The number of esters is 1. The molecule has 1 heterocycles. The zero-order chi connectivity index (χ0) is 23.3. The molecule has 0 radical (unpaired) electrons. The standard InChI is InChI=1S/C19H33N3O8/c1-18(2,3)29-16(26)20-9-13(23)14(24)21-11-8-12(15(25)28-7)22(10-11)17(27)30-19(4,5)6/h11-13,23H,8-10H2,1-7H3,(H,20,26)(H,21,24)/t11-,12+,13-/m0/s1. The summed E-state index contributed by atoms with van der Waals surface area (Å²) in [6.07, 6.45) is -2.91. The summed E-state index contributed by atoms with van der Waals surface area (Å²) in [6.45, 7) is 9.79. The minimum absolute atomic E-state index is 0.00658. The lowest BCUT2D eigenvalue weighted by Crippen LogP contribution is -2.48. The van der Waals surface area contributed by atoms with Crippen LogP contribution in [-0.4, -0.2) is 83.7 Å². The number of carbonyl (C=O) groups is 4. The third kappa shape index (κ3) is 8.44. The van der Waals surface area contributed by atoms with Crippen LogP contribution in [0.15, 0.2) is 0 Å². The van der Waals surface area contributed by atoms with Crippen molar-refractivity contribution in [3.8, 4) is 0 Å². The molecule has 1 aliphatic heterocycles. The number of likely N-dealkylation sites (tertiary alicyclic amines) is 1. The Morgan fingerprint density at radius 2 is 1.63 bits per heavy atom. The van der Waals surface area contributed by atoms with Gasteiger partial charge in [-0.25, -0.2) is 14.4 Å². The van der Waals surface area contributed by atoms with Gasteiger partial charge in [0.1, 0.15) is 23.3 Å². The molecule has 0 aromatic heterocycles. The van der Waals surface area contributed by atoms with Gasteiger partial charge in [-0.1, -0.05) is 0 Å². The van der Waals surface area contributed by atoms with Gasteiger partial charge in [0, 0.05) is 19.0 Å². The van der Waals surface area contributed by atoms with Gasteiger partial charge in [0.15, 0.2) is 0 Å². The second kappa shape index (κ2) is 9.96. The van der Waals surface area contributed by atoms with E-state index in [0.29, 0.717) is 0 Å². The van der Waals surface area contributed by atoms with E-state index in [1.807, 2.05) is 0 Å². The largest absolute Gasteiger partial charge is 0.467 e. The Hall–Kier alpha value is -2.56. The first-order chi connectivity index (χ1) is 13.6. The summed E-state index contributed by atoms with van der Waals surface area (Å²) in [7, 11) is 1.20. The van der Waals surface area contributed by atoms with E-state index in [1.165, 1.54) is 12.0 Å².